The molecule has 0 radical (unpaired) electrons. The third-order valence-corrected chi connectivity index (χ3v) is 13.0. The van der Waals surface area contributed by atoms with Crippen molar-refractivity contribution >= 4 is 54.4 Å². The highest BCUT2D eigenvalue weighted by atomic mass is 15.0. The minimum atomic E-state index is -0.279. The third kappa shape index (κ3) is 6.29. The average Bonchev–Trinajstić information content (AvgIpc) is 3.95. The van der Waals surface area contributed by atoms with Gasteiger partial charge in [0.2, 0.25) is 0 Å². The van der Waals surface area contributed by atoms with Crippen molar-refractivity contribution in [2.45, 2.75) is 0 Å². The maximum Gasteiger partial charge on any atom is 0.164 e. The van der Waals surface area contributed by atoms with Crippen LogP contribution in [0.5, 0.6) is 0 Å². The summed E-state index contributed by atoms with van der Waals surface area (Å²) in [5.74, 6) is 0.680. The molecule has 0 amide bonds. The number of hydrogen-bond donors (Lipinski definition) is 0. The summed E-state index contributed by atoms with van der Waals surface area (Å²) >= 11 is 0. The van der Waals surface area contributed by atoms with Crippen LogP contribution < -0.4 is 0 Å². The summed E-state index contributed by atoms with van der Waals surface area (Å²) in [6, 6.07) is 72.7. The molecule has 0 saturated carbocycles. The zero-order valence-electron chi connectivity index (χ0n) is 39.4. The van der Waals surface area contributed by atoms with Gasteiger partial charge in [-0.25, -0.2) is 15.0 Å². The Labute approximate surface area is 396 Å². The first-order valence-corrected chi connectivity index (χ1v) is 22.5. The topological polar surface area (TPSA) is 72.3 Å². The molecule has 0 saturated heterocycles. The number of rotatable bonds is 7. The van der Waals surface area contributed by atoms with Gasteiger partial charge in [0.1, 0.15) is 6.07 Å². The SMILES string of the molecule is [2H]c1c([2H])c(-n2c3ccccc3c3ccc4c(c5ccccc5n4-c4cccc5ccccc45)c32)c(C#N)c([2H])c1-c1nc(-c2ccc(-c3ccccc3)cc2)nc(-c2ccccc2-c2ccccc2)n1. The summed E-state index contributed by atoms with van der Waals surface area (Å²) in [5, 5.41) is 17.3. The van der Waals surface area contributed by atoms with Gasteiger partial charge < -0.3 is 9.13 Å². The molecular weight excluding hydrogens is 829 g/mol. The monoisotopic (exact) mass is 869 g/mol. The van der Waals surface area contributed by atoms with Crippen LogP contribution in [0.4, 0.5) is 0 Å². The van der Waals surface area contributed by atoms with Crippen molar-refractivity contribution in [2.75, 3.05) is 0 Å². The molecule has 0 fully saturated rings. The summed E-state index contributed by atoms with van der Waals surface area (Å²) in [6.07, 6.45) is 0. The highest BCUT2D eigenvalue weighted by molar-refractivity contribution is 6.26. The van der Waals surface area contributed by atoms with Gasteiger partial charge in [0.05, 0.1) is 43.1 Å². The van der Waals surface area contributed by atoms with Crippen molar-refractivity contribution in [3.05, 3.63) is 236 Å². The molecule has 316 valence electrons. The summed E-state index contributed by atoms with van der Waals surface area (Å²) in [7, 11) is 0. The van der Waals surface area contributed by atoms with Gasteiger partial charge in [0.25, 0.3) is 0 Å². The van der Waals surface area contributed by atoms with Gasteiger partial charge in [-0.1, -0.05) is 188 Å². The first kappa shape index (κ1) is 35.9. The lowest BCUT2D eigenvalue weighted by atomic mass is 9.99. The minimum absolute atomic E-state index is 0.0225. The van der Waals surface area contributed by atoms with Crippen molar-refractivity contribution in [2.24, 2.45) is 0 Å². The molecule has 0 unspecified atom stereocenters. The minimum Gasteiger partial charge on any atom is -0.309 e. The van der Waals surface area contributed by atoms with E-state index >= 15 is 0 Å². The van der Waals surface area contributed by atoms with Crippen molar-refractivity contribution in [3.8, 4) is 73.9 Å². The van der Waals surface area contributed by atoms with E-state index in [-0.39, 0.29) is 40.8 Å². The summed E-state index contributed by atoms with van der Waals surface area (Å²) in [6.45, 7) is 0. The quantitative estimate of drug-likeness (QED) is 0.160. The molecule has 0 aliphatic carbocycles. The molecule has 3 heterocycles. The Bertz CT molecular complexity index is 4320. The van der Waals surface area contributed by atoms with Gasteiger partial charge in [0.15, 0.2) is 17.5 Å². The smallest absolute Gasteiger partial charge is 0.164 e. The molecule has 6 nitrogen and oxygen atoms in total. The van der Waals surface area contributed by atoms with Crippen LogP contribution in [0.2, 0.25) is 0 Å². The normalized spacial score (nSPS) is 12.1. The van der Waals surface area contributed by atoms with E-state index in [4.69, 9.17) is 15.0 Å². The van der Waals surface area contributed by atoms with Gasteiger partial charge in [-0.3, -0.25) is 0 Å². The zero-order chi connectivity index (χ0) is 47.7. The molecule has 0 aliphatic heterocycles. The molecule has 68 heavy (non-hydrogen) atoms. The van der Waals surface area contributed by atoms with E-state index in [0.717, 1.165) is 87.9 Å². The highest BCUT2D eigenvalue weighted by Gasteiger charge is 2.24. The third-order valence-electron chi connectivity index (χ3n) is 13.0. The van der Waals surface area contributed by atoms with Crippen LogP contribution in [0, 0.1) is 11.3 Å². The fourth-order valence-electron chi connectivity index (χ4n) is 9.89. The van der Waals surface area contributed by atoms with E-state index < -0.39 is 0 Å². The summed E-state index contributed by atoms with van der Waals surface area (Å²) < 4.78 is 34.1. The molecule has 0 spiro atoms. The average molecular weight is 870 g/mol. The van der Waals surface area contributed by atoms with Crippen LogP contribution in [0.25, 0.3) is 122 Å². The van der Waals surface area contributed by atoms with E-state index in [1.165, 1.54) is 0 Å². The maximum atomic E-state index is 11.3. The van der Waals surface area contributed by atoms with Gasteiger partial charge in [-0.15, -0.1) is 0 Å². The second-order valence-corrected chi connectivity index (χ2v) is 16.8. The molecule has 0 aliphatic rings. The number of para-hydroxylation sites is 2. The molecule has 3 aromatic heterocycles. The zero-order valence-corrected chi connectivity index (χ0v) is 36.4. The van der Waals surface area contributed by atoms with E-state index in [2.05, 4.69) is 83.4 Å². The molecule has 0 N–H and O–H groups in total. The second kappa shape index (κ2) is 15.9. The van der Waals surface area contributed by atoms with Crippen LogP contribution in [0.1, 0.15) is 9.68 Å². The largest absolute Gasteiger partial charge is 0.309 e. The maximum absolute atomic E-state index is 11.3. The second-order valence-electron chi connectivity index (χ2n) is 16.8. The van der Waals surface area contributed by atoms with Gasteiger partial charge in [0, 0.05) is 43.6 Å². The summed E-state index contributed by atoms with van der Waals surface area (Å²) in [5.41, 5.74) is 9.89. The van der Waals surface area contributed by atoms with E-state index in [9.17, 15) is 9.37 Å². The van der Waals surface area contributed by atoms with E-state index in [1.807, 2.05) is 144 Å². The van der Waals surface area contributed by atoms with Gasteiger partial charge >= 0.3 is 0 Å². The number of benzene rings is 10. The van der Waals surface area contributed by atoms with Crippen LogP contribution >= 0.6 is 0 Å². The van der Waals surface area contributed by atoms with Gasteiger partial charge in [-0.05, 0) is 70.0 Å². The predicted molar refractivity (Wildman–Crippen MR) is 278 cm³/mol. The molecular formula is C62H38N6. The van der Waals surface area contributed by atoms with Crippen molar-refractivity contribution < 1.29 is 4.11 Å². The highest BCUT2D eigenvalue weighted by Crippen LogP contribution is 2.44. The Balaban J connectivity index is 1.07. The lowest BCUT2D eigenvalue weighted by Gasteiger charge is -2.14. The Kier molecular flexibility index (Phi) is 8.39. The Morgan fingerprint density at radius 3 is 1.72 bits per heavy atom. The standard InChI is InChI=1S/C62H38N6/c63-39-46-38-45(61-64-60(44-32-30-41(31-33-44)40-16-3-1-4-17-40)65-62(66-61)51-25-10-9-22-47(51)42-18-5-2-6-19-42)34-36-53(46)68-55-27-13-11-24-49(55)50-35-37-57-58(59(50)68)52-26-12-14-28-56(52)67(57)54-29-15-21-43-20-7-8-23-48(43)54/h1-38H/i34D,36D,38D. The number of nitrogens with zero attached hydrogens (tertiary/aromatic N) is 6. The van der Waals surface area contributed by atoms with Crippen molar-refractivity contribution in [1.29, 1.82) is 5.26 Å². The number of nitriles is 1. The van der Waals surface area contributed by atoms with E-state index in [0.29, 0.717) is 17.2 Å². The van der Waals surface area contributed by atoms with Crippen LogP contribution in [-0.4, -0.2) is 24.1 Å². The molecule has 13 rings (SSSR count). The Morgan fingerprint density at radius 2 is 0.956 bits per heavy atom. The number of hydrogen-bond acceptors (Lipinski definition) is 4. The van der Waals surface area contributed by atoms with E-state index in [1.54, 1.807) is 0 Å². The van der Waals surface area contributed by atoms with Crippen LogP contribution in [0.3, 0.4) is 0 Å². The lowest BCUT2D eigenvalue weighted by molar-refractivity contribution is 1.07. The lowest BCUT2D eigenvalue weighted by Crippen LogP contribution is -2.03. The Hall–Kier alpha value is -9.44. The molecule has 10 aromatic carbocycles. The predicted octanol–water partition coefficient (Wildman–Crippen LogP) is 15.4. The number of aromatic nitrogens is 5. The van der Waals surface area contributed by atoms with Crippen molar-refractivity contribution in [3.63, 3.8) is 0 Å². The van der Waals surface area contributed by atoms with Gasteiger partial charge in [-0.2, -0.15) is 5.26 Å². The molecule has 6 heteroatoms. The Morgan fingerprint density at radius 1 is 0.382 bits per heavy atom. The van der Waals surface area contributed by atoms with Crippen LogP contribution in [0.15, 0.2) is 230 Å². The van der Waals surface area contributed by atoms with Crippen molar-refractivity contribution in [1.82, 2.24) is 24.1 Å². The molecule has 13 aromatic rings. The molecule has 0 atom stereocenters. The fourth-order valence-corrected chi connectivity index (χ4v) is 9.89. The first-order valence-electron chi connectivity index (χ1n) is 24.0. The fraction of sp³-hybridized carbons (Fsp3) is 0. The van der Waals surface area contributed by atoms with Crippen LogP contribution in [-0.2, 0) is 0 Å². The number of fused-ring (bicyclic) bond motifs is 8. The summed E-state index contributed by atoms with van der Waals surface area (Å²) in [4.78, 5) is 15.1. The first-order chi connectivity index (χ1) is 35.0. The molecule has 0 bridgehead atoms.